The predicted molar refractivity (Wildman–Crippen MR) is 116 cm³/mol. The van der Waals surface area contributed by atoms with Crippen LogP contribution >= 0.6 is 10.6 Å². The fraction of sp³-hybridized carbons (Fsp3) is 0.524. The highest BCUT2D eigenvalue weighted by molar-refractivity contribution is 8.25. The molecule has 1 amide bonds. The molecule has 2 aliphatic heterocycles. The van der Waals surface area contributed by atoms with Gasteiger partial charge in [-0.3, -0.25) is 18.6 Å². The zero-order valence-corrected chi connectivity index (χ0v) is 19.2. The van der Waals surface area contributed by atoms with Crippen LogP contribution in [0.5, 0.6) is 11.5 Å². The number of benzene rings is 1. The summed E-state index contributed by atoms with van der Waals surface area (Å²) in [5.41, 5.74) is 0.0103. The van der Waals surface area contributed by atoms with E-state index in [-0.39, 0.29) is 53.5 Å². The lowest BCUT2D eigenvalue weighted by molar-refractivity contribution is -0.127. The van der Waals surface area contributed by atoms with Gasteiger partial charge in [-0.05, 0) is 39.0 Å². The number of carbonyl (C=O) groups is 1. The van der Waals surface area contributed by atoms with Crippen LogP contribution in [-0.4, -0.2) is 55.1 Å². The normalized spacial score (nSPS) is 21.7. The number of nitrogens with one attached hydrogen (secondary N) is 1. The summed E-state index contributed by atoms with van der Waals surface area (Å²) in [5.74, 6) is -1.21. The van der Waals surface area contributed by atoms with Crippen LogP contribution in [0.15, 0.2) is 18.2 Å². The molecule has 3 heterocycles. The molecule has 1 fully saturated rings. The Morgan fingerprint density at radius 3 is 2.67 bits per heavy atom. The van der Waals surface area contributed by atoms with Crippen LogP contribution in [0.4, 0.5) is 13.2 Å². The second-order valence-electron chi connectivity index (χ2n) is 9.04. The number of amides is 1. The second kappa shape index (κ2) is 8.41. The Hall–Kier alpha value is -2.44. The number of hydrogen-bond donors (Lipinski definition) is 3. The fourth-order valence-electron chi connectivity index (χ4n) is 4.35. The molecule has 0 radical (unpaired) electrons. The number of fused-ring (bicyclic) bond motifs is 1. The summed E-state index contributed by atoms with van der Waals surface area (Å²) in [6.07, 6.45) is 0.271. The van der Waals surface area contributed by atoms with Crippen LogP contribution in [0.3, 0.4) is 0 Å². The van der Waals surface area contributed by atoms with Gasteiger partial charge >= 0.3 is 6.61 Å². The van der Waals surface area contributed by atoms with Crippen LogP contribution in [-0.2, 0) is 11.2 Å². The van der Waals surface area contributed by atoms with Crippen molar-refractivity contribution in [1.82, 2.24) is 15.1 Å². The van der Waals surface area contributed by atoms with Crippen molar-refractivity contribution in [2.75, 3.05) is 18.1 Å². The van der Waals surface area contributed by atoms with Crippen molar-refractivity contribution < 1.29 is 36.5 Å². The Morgan fingerprint density at radius 2 is 2.06 bits per heavy atom. The van der Waals surface area contributed by atoms with Gasteiger partial charge in [-0.2, -0.15) is 24.5 Å². The molecular formula is C21H26F3N3O5S. The first-order valence-electron chi connectivity index (χ1n) is 10.4. The van der Waals surface area contributed by atoms with Crippen molar-refractivity contribution in [3.05, 3.63) is 29.7 Å². The minimum Gasteiger partial charge on any atom is -0.488 e. The van der Waals surface area contributed by atoms with Gasteiger partial charge in [-0.15, -0.1) is 0 Å². The number of carbonyl (C=O) groups excluding carboxylic acids is 1. The monoisotopic (exact) mass is 489 g/mol. The third kappa shape index (κ3) is 4.78. The van der Waals surface area contributed by atoms with Gasteiger partial charge in [0.05, 0.1) is 28.7 Å². The minimum absolute atomic E-state index is 0.0107. The first kappa shape index (κ1) is 23.7. The van der Waals surface area contributed by atoms with E-state index in [1.807, 2.05) is 13.8 Å². The highest BCUT2D eigenvalue weighted by Gasteiger charge is 2.47. The van der Waals surface area contributed by atoms with E-state index in [9.17, 15) is 27.1 Å². The minimum atomic E-state index is -3.05. The van der Waals surface area contributed by atoms with Gasteiger partial charge < -0.3 is 14.8 Å². The maximum atomic E-state index is 14.6. The largest absolute Gasteiger partial charge is 0.488 e. The third-order valence-electron chi connectivity index (χ3n) is 5.63. The molecule has 1 saturated heterocycles. The summed E-state index contributed by atoms with van der Waals surface area (Å²) in [6.45, 7) is 2.45. The van der Waals surface area contributed by atoms with Crippen molar-refractivity contribution in [3.8, 4) is 22.8 Å². The van der Waals surface area contributed by atoms with Crippen LogP contribution in [0, 0.1) is 11.7 Å². The number of alkyl halides is 2. The van der Waals surface area contributed by atoms with E-state index < -0.39 is 34.5 Å². The van der Waals surface area contributed by atoms with Gasteiger partial charge in [-0.25, -0.2) is 4.39 Å². The summed E-state index contributed by atoms with van der Waals surface area (Å²) in [6, 6.07) is 3.14. The summed E-state index contributed by atoms with van der Waals surface area (Å²) in [5, 5.41) is 7.35. The van der Waals surface area contributed by atoms with E-state index in [1.165, 1.54) is 0 Å². The number of rotatable bonds is 6. The van der Waals surface area contributed by atoms with Crippen LogP contribution in [0.1, 0.15) is 32.5 Å². The smallest absolute Gasteiger partial charge is 0.387 e. The summed E-state index contributed by atoms with van der Waals surface area (Å²) in [4.78, 5) is 12.9. The maximum absolute atomic E-state index is 14.6. The molecule has 1 aromatic heterocycles. The highest BCUT2D eigenvalue weighted by Crippen LogP contribution is 2.54. The van der Waals surface area contributed by atoms with Crippen molar-refractivity contribution in [1.29, 1.82) is 0 Å². The second-order valence-corrected chi connectivity index (χ2v) is 11.2. The molecule has 182 valence electrons. The lowest BCUT2D eigenvalue weighted by atomic mass is 9.96. The SMILES string of the molecule is CC(C)n1nc(-c2cc(OC(F)F)ccc2F)c2c1CC(C(=O)NC1(C)CS(O)(O)C1)CO2. The fourth-order valence-corrected chi connectivity index (χ4v) is 6.45. The van der Waals surface area contributed by atoms with Gasteiger partial charge in [0.15, 0.2) is 5.75 Å². The van der Waals surface area contributed by atoms with Gasteiger partial charge in [0.1, 0.15) is 23.9 Å². The van der Waals surface area contributed by atoms with Crippen LogP contribution < -0.4 is 14.8 Å². The van der Waals surface area contributed by atoms with Crippen molar-refractivity contribution in [2.24, 2.45) is 5.92 Å². The van der Waals surface area contributed by atoms with E-state index in [2.05, 4.69) is 15.2 Å². The topological polar surface area (TPSA) is 106 Å². The Morgan fingerprint density at radius 1 is 1.36 bits per heavy atom. The lowest BCUT2D eigenvalue weighted by Gasteiger charge is -2.54. The van der Waals surface area contributed by atoms with Crippen LogP contribution in [0.25, 0.3) is 11.3 Å². The molecular weight excluding hydrogens is 463 g/mol. The van der Waals surface area contributed by atoms with Gasteiger partial charge in [0.25, 0.3) is 0 Å². The van der Waals surface area contributed by atoms with E-state index >= 15 is 0 Å². The Kier molecular flexibility index (Phi) is 6.04. The molecule has 1 unspecified atom stereocenters. The zero-order valence-electron chi connectivity index (χ0n) is 18.3. The Balaban J connectivity index is 1.61. The zero-order chi connectivity index (χ0) is 24.1. The number of halogens is 3. The molecule has 12 heteroatoms. The molecule has 2 aromatic rings. The molecule has 3 N–H and O–H groups in total. The molecule has 0 spiro atoms. The molecule has 0 aliphatic carbocycles. The molecule has 0 saturated carbocycles. The number of hydrogen-bond acceptors (Lipinski definition) is 6. The van der Waals surface area contributed by atoms with E-state index in [0.717, 1.165) is 18.2 Å². The van der Waals surface area contributed by atoms with E-state index in [4.69, 9.17) is 4.74 Å². The number of aromatic nitrogens is 2. The van der Waals surface area contributed by atoms with Crippen molar-refractivity contribution in [2.45, 2.75) is 45.4 Å². The maximum Gasteiger partial charge on any atom is 0.387 e. The van der Waals surface area contributed by atoms with E-state index in [1.54, 1.807) is 11.6 Å². The average molecular weight is 490 g/mol. The molecule has 4 rings (SSSR count). The summed E-state index contributed by atoms with van der Waals surface area (Å²) >= 11 is 0. The molecule has 0 bridgehead atoms. The average Bonchev–Trinajstić information content (AvgIpc) is 3.06. The lowest BCUT2D eigenvalue weighted by Crippen LogP contribution is -2.62. The third-order valence-corrected chi connectivity index (χ3v) is 7.83. The molecule has 1 aromatic carbocycles. The highest BCUT2D eigenvalue weighted by atomic mass is 32.3. The quantitative estimate of drug-likeness (QED) is 0.565. The number of ether oxygens (including phenoxy) is 2. The van der Waals surface area contributed by atoms with E-state index in [0.29, 0.717) is 11.4 Å². The van der Waals surface area contributed by atoms with Gasteiger partial charge in [-0.1, -0.05) is 0 Å². The number of nitrogens with zero attached hydrogens (tertiary/aromatic N) is 2. The predicted octanol–water partition coefficient (Wildman–Crippen LogP) is 4.06. The molecule has 33 heavy (non-hydrogen) atoms. The standard InChI is InChI=1S/C21H26F3N3O5S/c1-11(2)27-16-6-12(19(28)25-21(3)9-33(29,30)10-21)8-31-18(16)17(26-27)14-7-13(32-20(23)24)4-5-15(14)22/h4-5,7,11-12,20,29-30H,6,8-10H2,1-3H3,(H,25,28). The summed E-state index contributed by atoms with van der Waals surface area (Å²) in [7, 11) is -2.63. The first-order valence-corrected chi connectivity index (χ1v) is 12.3. The van der Waals surface area contributed by atoms with Crippen molar-refractivity contribution in [3.63, 3.8) is 0 Å². The van der Waals surface area contributed by atoms with Crippen LogP contribution in [0.2, 0.25) is 0 Å². The van der Waals surface area contributed by atoms with Gasteiger partial charge in [0.2, 0.25) is 5.91 Å². The molecule has 2 aliphatic rings. The Labute approximate surface area is 190 Å². The van der Waals surface area contributed by atoms with Gasteiger partial charge in [0, 0.05) is 18.0 Å². The molecule has 8 nitrogen and oxygen atoms in total. The first-order chi connectivity index (χ1) is 15.4. The summed E-state index contributed by atoms with van der Waals surface area (Å²) < 4.78 is 71.1. The Bertz CT molecular complexity index is 1070. The molecule has 1 atom stereocenters. The van der Waals surface area contributed by atoms with Crippen molar-refractivity contribution >= 4 is 16.5 Å².